The predicted octanol–water partition coefficient (Wildman–Crippen LogP) is 1.10. The molecule has 0 radical (unpaired) electrons. The molecular formula is C25H31N5O4. The average Bonchev–Trinajstić information content (AvgIpc) is 3.18. The number of nitrogens with zero attached hydrogens (tertiary/aromatic N) is 1. The van der Waals surface area contributed by atoms with Gasteiger partial charge >= 0.3 is 0 Å². The normalized spacial score (nSPS) is 30.1. The SMILES string of the molecule is COc1cccc2c1CC(C(=O)NC(C(=O)NC(C#N)CC1CCNC1=O)C1CC3CC3C1)N2. The number of hydrogen-bond acceptors (Lipinski definition) is 6. The van der Waals surface area contributed by atoms with Crippen molar-refractivity contribution >= 4 is 23.4 Å². The molecule has 2 saturated carbocycles. The standard InChI is InChI=1S/C25H31N5O4/c1-34-21-4-2-3-19-18(21)11-20(29-19)24(32)30-22(16-8-14-7-15(14)9-16)25(33)28-17(12-26)10-13-5-6-27-23(13)31/h2-4,13-17,20,22,29H,5-11H2,1H3,(H,27,31)(H,28,33)(H,30,32). The van der Waals surface area contributed by atoms with Crippen LogP contribution >= 0.6 is 0 Å². The zero-order valence-corrected chi connectivity index (χ0v) is 19.3. The fraction of sp³-hybridized carbons (Fsp3) is 0.600. The minimum atomic E-state index is -0.769. The summed E-state index contributed by atoms with van der Waals surface area (Å²) in [5, 5.41) is 21.5. The first-order valence-corrected chi connectivity index (χ1v) is 12.2. The van der Waals surface area contributed by atoms with E-state index in [4.69, 9.17) is 4.74 Å². The van der Waals surface area contributed by atoms with Gasteiger partial charge in [0.25, 0.3) is 0 Å². The van der Waals surface area contributed by atoms with Gasteiger partial charge in [0.05, 0.1) is 13.2 Å². The molecule has 0 bridgehead atoms. The summed E-state index contributed by atoms with van der Waals surface area (Å²) in [6, 6.07) is 5.83. The highest BCUT2D eigenvalue weighted by atomic mass is 16.5. The fourth-order valence-corrected chi connectivity index (χ4v) is 5.95. The number of ether oxygens (including phenoxy) is 1. The lowest BCUT2D eigenvalue weighted by molar-refractivity contribution is -0.131. The number of nitrogens with one attached hydrogen (secondary N) is 4. The Kier molecular flexibility index (Phi) is 6.07. The van der Waals surface area contributed by atoms with Gasteiger partial charge in [-0.2, -0.15) is 5.26 Å². The highest BCUT2D eigenvalue weighted by Crippen LogP contribution is 2.55. The van der Waals surface area contributed by atoms with Crippen molar-refractivity contribution < 1.29 is 19.1 Å². The summed E-state index contributed by atoms with van der Waals surface area (Å²) in [7, 11) is 1.61. The van der Waals surface area contributed by atoms with Gasteiger partial charge in [-0.05, 0) is 62.0 Å². The third kappa shape index (κ3) is 4.41. The molecule has 1 saturated heterocycles. The number of nitriles is 1. The van der Waals surface area contributed by atoms with Crippen molar-refractivity contribution in [1.82, 2.24) is 16.0 Å². The zero-order valence-electron chi connectivity index (χ0n) is 19.3. The molecule has 2 aliphatic carbocycles. The number of anilines is 1. The molecule has 2 heterocycles. The minimum Gasteiger partial charge on any atom is -0.496 e. The molecular weight excluding hydrogens is 434 g/mol. The maximum Gasteiger partial charge on any atom is 0.243 e. The van der Waals surface area contributed by atoms with E-state index in [0.717, 1.165) is 29.8 Å². The largest absolute Gasteiger partial charge is 0.496 e. The van der Waals surface area contributed by atoms with Crippen molar-refractivity contribution in [2.24, 2.45) is 23.7 Å². The van der Waals surface area contributed by atoms with Crippen LogP contribution in [0.3, 0.4) is 0 Å². The van der Waals surface area contributed by atoms with Gasteiger partial charge in [0.1, 0.15) is 23.9 Å². The van der Waals surface area contributed by atoms with Crippen LogP contribution in [0.15, 0.2) is 18.2 Å². The van der Waals surface area contributed by atoms with Gasteiger partial charge in [0.2, 0.25) is 17.7 Å². The Bertz CT molecular complexity index is 1030. The number of carbonyl (C=O) groups excluding carboxylic acids is 3. The van der Waals surface area contributed by atoms with E-state index in [9.17, 15) is 19.6 Å². The van der Waals surface area contributed by atoms with Gasteiger partial charge in [-0.1, -0.05) is 6.07 Å². The van der Waals surface area contributed by atoms with Crippen molar-refractivity contribution in [2.75, 3.05) is 19.0 Å². The molecule has 1 aromatic carbocycles. The Morgan fingerprint density at radius 3 is 2.71 bits per heavy atom. The number of amides is 3. The molecule has 4 aliphatic rings. The van der Waals surface area contributed by atoms with Crippen LogP contribution in [-0.2, 0) is 20.8 Å². The molecule has 6 atom stereocenters. The summed E-state index contributed by atoms with van der Waals surface area (Å²) in [5.74, 6) is 1.16. The first-order chi connectivity index (χ1) is 16.5. The summed E-state index contributed by atoms with van der Waals surface area (Å²) >= 11 is 0. The fourth-order valence-electron chi connectivity index (χ4n) is 5.95. The van der Waals surface area contributed by atoms with Crippen LogP contribution in [0.4, 0.5) is 5.69 Å². The topological polar surface area (TPSA) is 132 Å². The Labute approximate surface area is 199 Å². The molecule has 34 heavy (non-hydrogen) atoms. The van der Waals surface area contributed by atoms with E-state index >= 15 is 0 Å². The van der Waals surface area contributed by atoms with Crippen molar-refractivity contribution in [1.29, 1.82) is 5.26 Å². The molecule has 180 valence electrons. The number of fused-ring (bicyclic) bond motifs is 2. The molecule has 2 aliphatic heterocycles. The summed E-state index contributed by atoms with van der Waals surface area (Å²) in [5.41, 5.74) is 1.81. The number of hydrogen-bond donors (Lipinski definition) is 4. The van der Waals surface area contributed by atoms with Crippen molar-refractivity contribution in [3.8, 4) is 11.8 Å². The van der Waals surface area contributed by atoms with Crippen LogP contribution in [0.25, 0.3) is 0 Å². The molecule has 6 unspecified atom stereocenters. The first kappa shape index (κ1) is 22.5. The highest BCUT2D eigenvalue weighted by molar-refractivity contribution is 5.93. The third-order valence-corrected chi connectivity index (χ3v) is 7.89. The van der Waals surface area contributed by atoms with Crippen molar-refractivity contribution in [3.63, 3.8) is 0 Å². The van der Waals surface area contributed by atoms with E-state index in [0.29, 0.717) is 31.2 Å². The first-order valence-electron chi connectivity index (χ1n) is 12.2. The van der Waals surface area contributed by atoms with Gasteiger partial charge in [-0.25, -0.2) is 0 Å². The molecule has 1 aromatic rings. The summed E-state index contributed by atoms with van der Waals surface area (Å²) in [6.07, 6.45) is 4.46. The molecule has 0 aromatic heterocycles. The van der Waals surface area contributed by atoms with Gasteiger partial charge in [0.15, 0.2) is 0 Å². The van der Waals surface area contributed by atoms with Gasteiger partial charge in [0, 0.05) is 30.1 Å². The van der Waals surface area contributed by atoms with E-state index in [1.807, 2.05) is 18.2 Å². The van der Waals surface area contributed by atoms with Crippen LogP contribution in [0.1, 0.15) is 37.7 Å². The van der Waals surface area contributed by atoms with Gasteiger partial charge in [-0.15, -0.1) is 0 Å². The molecule has 9 heteroatoms. The Morgan fingerprint density at radius 1 is 1.24 bits per heavy atom. The summed E-state index contributed by atoms with van der Waals surface area (Å²) < 4.78 is 5.43. The van der Waals surface area contributed by atoms with E-state index in [1.54, 1.807) is 7.11 Å². The van der Waals surface area contributed by atoms with E-state index in [-0.39, 0.29) is 36.0 Å². The lowest BCUT2D eigenvalue weighted by Gasteiger charge is -2.27. The maximum absolute atomic E-state index is 13.3. The molecule has 3 amide bonds. The summed E-state index contributed by atoms with van der Waals surface area (Å²) in [4.78, 5) is 38.5. The number of rotatable bonds is 8. The molecule has 3 fully saturated rings. The van der Waals surface area contributed by atoms with Crippen molar-refractivity contribution in [2.45, 2.75) is 56.7 Å². The van der Waals surface area contributed by atoms with Crippen LogP contribution in [-0.4, -0.2) is 49.5 Å². The zero-order chi connectivity index (χ0) is 23.8. The summed E-state index contributed by atoms with van der Waals surface area (Å²) in [6.45, 7) is 0.598. The maximum atomic E-state index is 13.3. The lowest BCUT2D eigenvalue weighted by atomic mass is 9.92. The van der Waals surface area contributed by atoms with E-state index in [2.05, 4.69) is 27.3 Å². The van der Waals surface area contributed by atoms with Crippen LogP contribution < -0.4 is 26.0 Å². The Balaban J connectivity index is 1.26. The molecule has 9 nitrogen and oxygen atoms in total. The molecule has 0 spiro atoms. The third-order valence-electron chi connectivity index (χ3n) is 7.89. The highest BCUT2D eigenvalue weighted by Gasteiger charge is 2.50. The van der Waals surface area contributed by atoms with Crippen LogP contribution in [0.5, 0.6) is 5.75 Å². The second kappa shape index (κ2) is 9.16. The molecule has 5 rings (SSSR count). The second-order valence-electron chi connectivity index (χ2n) is 10.1. The van der Waals surface area contributed by atoms with Crippen LogP contribution in [0.2, 0.25) is 0 Å². The monoisotopic (exact) mass is 465 g/mol. The number of methoxy groups -OCH3 is 1. The van der Waals surface area contributed by atoms with Gasteiger partial charge in [-0.3, -0.25) is 14.4 Å². The predicted molar refractivity (Wildman–Crippen MR) is 124 cm³/mol. The Morgan fingerprint density at radius 2 is 2.03 bits per heavy atom. The number of benzene rings is 1. The number of carbonyl (C=O) groups is 3. The average molecular weight is 466 g/mol. The van der Waals surface area contributed by atoms with Gasteiger partial charge < -0.3 is 26.0 Å². The van der Waals surface area contributed by atoms with E-state index < -0.39 is 18.1 Å². The second-order valence-corrected chi connectivity index (χ2v) is 10.1. The minimum absolute atomic E-state index is 0.0557. The lowest BCUT2D eigenvalue weighted by Crippen LogP contribution is -2.55. The molecule has 4 N–H and O–H groups in total. The Hall–Kier alpha value is -3.28. The van der Waals surface area contributed by atoms with Crippen LogP contribution in [0, 0.1) is 35.0 Å². The smallest absolute Gasteiger partial charge is 0.243 e. The van der Waals surface area contributed by atoms with E-state index in [1.165, 1.54) is 6.42 Å². The van der Waals surface area contributed by atoms with Crippen molar-refractivity contribution in [3.05, 3.63) is 23.8 Å². The quantitative estimate of drug-likeness (QED) is 0.455.